The number of thiazole rings is 2. The Labute approximate surface area is 369 Å². The quantitative estimate of drug-likeness (QED) is 0.0749. The maximum atomic E-state index is 12.7. The van der Waals surface area contributed by atoms with Crippen LogP contribution in [0.5, 0.6) is 0 Å². The molecule has 0 aliphatic carbocycles. The maximum Gasteiger partial charge on any atom is 0.321 e. The Kier molecular flexibility index (Phi) is 17.1. The highest BCUT2D eigenvalue weighted by atomic mass is 32.2. The van der Waals surface area contributed by atoms with Crippen LogP contribution in [0.4, 0.5) is 15.1 Å². The van der Waals surface area contributed by atoms with E-state index in [0.717, 1.165) is 79.9 Å². The predicted molar refractivity (Wildman–Crippen MR) is 252 cm³/mol. The molecule has 3 amide bonds. The lowest BCUT2D eigenvalue weighted by molar-refractivity contribution is -0.114. The van der Waals surface area contributed by atoms with E-state index in [4.69, 9.17) is 4.74 Å². The van der Waals surface area contributed by atoms with Gasteiger partial charge in [-0.25, -0.2) is 32.1 Å². The highest BCUT2D eigenvalue weighted by Crippen LogP contribution is 2.33. The molecule has 0 saturated carbocycles. The van der Waals surface area contributed by atoms with Crippen LogP contribution in [0.2, 0.25) is 0 Å². The van der Waals surface area contributed by atoms with Gasteiger partial charge in [-0.1, -0.05) is 72.9 Å². The van der Waals surface area contributed by atoms with Crippen molar-refractivity contribution in [3.05, 3.63) is 84.9 Å². The van der Waals surface area contributed by atoms with Gasteiger partial charge >= 0.3 is 6.03 Å². The number of aromatic nitrogens is 2. The van der Waals surface area contributed by atoms with Crippen LogP contribution in [0.1, 0.15) is 60.8 Å². The zero-order valence-corrected chi connectivity index (χ0v) is 38.9. The summed E-state index contributed by atoms with van der Waals surface area (Å²) < 4.78 is 47.1. The molecular weight excluding hydrogens is 851 g/mol. The number of amides is 3. The number of fused-ring (bicyclic) bond motifs is 2. The van der Waals surface area contributed by atoms with Gasteiger partial charge in [-0.3, -0.25) is 10.1 Å². The third kappa shape index (κ3) is 14.5. The van der Waals surface area contributed by atoms with Crippen LogP contribution < -0.4 is 26.0 Å². The molecule has 326 valence electrons. The number of urea groups is 1. The monoisotopic (exact) mass is 905 g/mol. The van der Waals surface area contributed by atoms with E-state index in [9.17, 15) is 22.2 Å². The average molecular weight is 906 g/mol. The van der Waals surface area contributed by atoms with Gasteiger partial charge < -0.3 is 20.7 Å². The second-order valence-electron chi connectivity index (χ2n) is 15.0. The van der Waals surface area contributed by atoms with E-state index in [1.807, 2.05) is 95.3 Å². The van der Waals surface area contributed by atoms with Crippen LogP contribution in [0.25, 0.3) is 42.7 Å². The number of nitrogens with zero attached hydrogens (tertiary/aromatic N) is 2. The van der Waals surface area contributed by atoms with Gasteiger partial charge in [0.05, 0.1) is 35.8 Å². The summed E-state index contributed by atoms with van der Waals surface area (Å²) in [5.41, 5.74) is 5.16. The Morgan fingerprint density at radius 3 is 2.02 bits per heavy atom. The van der Waals surface area contributed by atoms with Crippen molar-refractivity contribution in [1.29, 1.82) is 0 Å². The van der Waals surface area contributed by atoms with Crippen LogP contribution in [0.15, 0.2) is 94.7 Å². The van der Waals surface area contributed by atoms with E-state index in [0.29, 0.717) is 23.4 Å². The molecule has 61 heavy (non-hydrogen) atoms. The van der Waals surface area contributed by atoms with Gasteiger partial charge in [0.25, 0.3) is 0 Å². The number of carbonyl (C=O) groups excluding carboxylic acids is 2. The molecule has 2 aromatic heterocycles. The molecule has 13 nitrogen and oxygen atoms in total. The molecule has 0 bridgehead atoms. The molecule has 4 aromatic carbocycles. The minimum Gasteiger partial charge on any atom is -0.376 e. The molecule has 0 spiro atoms. The fourth-order valence-corrected chi connectivity index (χ4v) is 9.72. The Balaban J connectivity index is 0.000000223. The number of nitrogens with one attached hydrogen (secondary N) is 5. The molecule has 17 heteroatoms. The van der Waals surface area contributed by atoms with Crippen molar-refractivity contribution >= 4 is 86.1 Å². The van der Waals surface area contributed by atoms with Gasteiger partial charge in [-0.2, -0.15) is 0 Å². The van der Waals surface area contributed by atoms with Crippen LogP contribution in [0.3, 0.4) is 0 Å². The Bertz CT molecular complexity index is 2560. The number of ether oxygens (including phenoxy) is 1. The zero-order chi connectivity index (χ0) is 44.2. The SMILES string of the molecule is CC.CC(=O)Nc1nc2ccc(-c3cccc(S(=O)NC4CCCNC4)c3)cc2s1.CC(C)(C)OCCCNC(=O)Nc1nc2ccc(-c3cccc(S(C)(=O)=O)c3)cc2s1. The fraction of sp³-hybridized carbons (Fsp3) is 0.364. The topological polar surface area (TPSA) is 181 Å². The van der Waals surface area contributed by atoms with E-state index < -0.39 is 20.8 Å². The van der Waals surface area contributed by atoms with Crippen molar-refractivity contribution in [2.24, 2.45) is 0 Å². The zero-order valence-electron chi connectivity index (χ0n) is 35.6. The van der Waals surface area contributed by atoms with Crippen LogP contribution in [0, 0.1) is 0 Å². The first kappa shape index (κ1) is 47.4. The number of sulfone groups is 1. The summed E-state index contributed by atoms with van der Waals surface area (Å²) in [5.74, 6) is -0.130. The van der Waals surface area contributed by atoms with Crippen LogP contribution >= 0.6 is 22.7 Å². The number of carbonyl (C=O) groups is 2. The van der Waals surface area contributed by atoms with Gasteiger partial charge in [0.1, 0.15) is 11.0 Å². The van der Waals surface area contributed by atoms with Gasteiger partial charge in [-0.15, -0.1) is 0 Å². The molecule has 0 radical (unpaired) electrons. The van der Waals surface area contributed by atoms with Crippen molar-refractivity contribution < 1.29 is 27.0 Å². The average Bonchev–Trinajstić information content (AvgIpc) is 3.83. The summed E-state index contributed by atoms with van der Waals surface area (Å²) in [7, 11) is -4.52. The highest BCUT2D eigenvalue weighted by Gasteiger charge is 2.17. The van der Waals surface area contributed by atoms with E-state index in [1.54, 1.807) is 18.2 Å². The second kappa shape index (κ2) is 21.9. The summed E-state index contributed by atoms with van der Waals surface area (Å²) in [6, 6.07) is 26.3. The molecule has 1 aliphatic heterocycles. The summed E-state index contributed by atoms with van der Waals surface area (Å²) >= 11 is 2.81. The van der Waals surface area contributed by atoms with Crippen molar-refractivity contribution in [3.8, 4) is 22.3 Å². The predicted octanol–water partition coefficient (Wildman–Crippen LogP) is 9.01. The lowest BCUT2D eigenvalue weighted by Crippen LogP contribution is -2.43. The normalized spacial score (nSPS) is 14.6. The Hall–Kier alpha value is -4.62. The summed E-state index contributed by atoms with van der Waals surface area (Å²) in [6.07, 6.45) is 4.06. The number of hydrogen-bond acceptors (Lipinski definition) is 11. The van der Waals surface area contributed by atoms with E-state index in [2.05, 4.69) is 42.0 Å². The number of rotatable bonds is 12. The first-order valence-electron chi connectivity index (χ1n) is 20.2. The summed E-state index contributed by atoms with van der Waals surface area (Å²) in [4.78, 5) is 33.3. The largest absolute Gasteiger partial charge is 0.376 e. The van der Waals surface area contributed by atoms with Gasteiger partial charge in [0.2, 0.25) is 5.91 Å². The Morgan fingerprint density at radius 2 is 1.44 bits per heavy atom. The number of benzene rings is 4. The lowest BCUT2D eigenvalue weighted by atomic mass is 10.1. The van der Waals surface area contributed by atoms with Crippen molar-refractivity contribution in [3.63, 3.8) is 0 Å². The molecule has 1 fully saturated rings. The van der Waals surface area contributed by atoms with E-state index >= 15 is 0 Å². The molecule has 3 heterocycles. The highest BCUT2D eigenvalue weighted by molar-refractivity contribution is 7.90. The summed E-state index contributed by atoms with van der Waals surface area (Å²) in [6.45, 7) is 14.4. The summed E-state index contributed by atoms with van der Waals surface area (Å²) in [5, 5.41) is 12.7. The van der Waals surface area contributed by atoms with Gasteiger partial charge in [0, 0.05) is 38.9 Å². The fourth-order valence-electron chi connectivity index (χ4n) is 6.13. The third-order valence-electron chi connectivity index (χ3n) is 8.97. The third-order valence-corrected chi connectivity index (χ3v) is 13.2. The second-order valence-corrected chi connectivity index (χ2v) is 20.4. The van der Waals surface area contributed by atoms with Crippen molar-refractivity contribution in [2.45, 2.75) is 82.2 Å². The molecule has 5 N–H and O–H groups in total. The Morgan fingerprint density at radius 1 is 0.852 bits per heavy atom. The molecule has 6 aromatic rings. The minimum absolute atomic E-state index is 0.130. The molecule has 2 unspecified atom stereocenters. The van der Waals surface area contributed by atoms with E-state index in [1.165, 1.54) is 35.9 Å². The maximum absolute atomic E-state index is 12.7. The van der Waals surface area contributed by atoms with Gasteiger partial charge in [0.15, 0.2) is 20.1 Å². The molecule has 7 rings (SSSR count). The molecular formula is C44H55N7O6S4. The van der Waals surface area contributed by atoms with Crippen molar-refractivity contribution in [1.82, 2.24) is 25.3 Å². The van der Waals surface area contributed by atoms with Crippen LogP contribution in [-0.4, -0.2) is 78.7 Å². The minimum atomic E-state index is -3.28. The van der Waals surface area contributed by atoms with Crippen molar-refractivity contribution in [2.75, 3.05) is 43.1 Å². The molecule has 1 saturated heterocycles. The number of anilines is 2. The molecule has 1 aliphatic rings. The van der Waals surface area contributed by atoms with Gasteiger partial charge in [-0.05, 0) is 117 Å². The number of piperidine rings is 1. The first-order valence-corrected chi connectivity index (χ1v) is 24.8. The first-order chi connectivity index (χ1) is 29.1. The lowest BCUT2D eigenvalue weighted by Gasteiger charge is -2.23. The number of hydrogen-bond donors (Lipinski definition) is 5. The van der Waals surface area contributed by atoms with E-state index in [-0.39, 0.29) is 28.5 Å². The molecule has 2 atom stereocenters. The van der Waals surface area contributed by atoms with Crippen LogP contribution in [-0.2, 0) is 30.4 Å². The smallest absolute Gasteiger partial charge is 0.321 e. The standard InChI is InChI=1S/C22H27N3O4S2.C20H22N4O2S2.C2H6/c1-22(2,3)29-12-6-11-23-20(26)25-21-24-18-10-9-16(14-19(18)30-21)15-7-5-8-17(13-15)31(4,27)28;1-13(25)22-20-23-18-8-7-15(11-19(18)27-20)14-4-2-6-17(10-14)28(26)24-16-5-3-9-21-12-16;1-2/h5,7-10,13-14H,6,11-12H2,1-4H3,(H2,23,24,25,26);2,4,6-8,10-11,16,21,24H,3,5,9,12H2,1H3,(H,22,23,25);1-2H3.